The van der Waals surface area contributed by atoms with Gasteiger partial charge in [0.1, 0.15) is 12.4 Å². The average molecular weight is 842 g/mol. The fourth-order valence-electron chi connectivity index (χ4n) is 6.88. The van der Waals surface area contributed by atoms with Gasteiger partial charge < -0.3 is 28.8 Å². The number of nitrogens with one attached hydrogen (secondary N) is 1. The van der Waals surface area contributed by atoms with E-state index in [0.29, 0.717) is 112 Å². The summed E-state index contributed by atoms with van der Waals surface area (Å²) in [6.07, 6.45) is 6.27. The van der Waals surface area contributed by atoms with Crippen LogP contribution in [-0.2, 0) is 36.8 Å². The summed E-state index contributed by atoms with van der Waals surface area (Å²) in [5, 5.41) is 3.58. The number of oxazole rings is 1. The Morgan fingerprint density at radius 2 is 1.67 bits per heavy atom. The van der Waals surface area contributed by atoms with Crippen molar-refractivity contribution in [1.82, 2.24) is 29.6 Å². The summed E-state index contributed by atoms with van der Waals surface area (Å²) in [5.74, 6) is 3.14. The van der Waals surface area contributed by atoms with Crippen LogP contribution in [0.15, 0.2) is 33.2 Å². The number of carbonyl (C=O) groups excluding carboxylic acids is 4. The Morgan fingerprint density at radius 3 is 2.28 bits per heavy atom. The van der Waals surface area contributed by atoms with Gasteiger partial charge in [0.05, 0.1) is 43.1 Å². The molecule has 318 valence electrons. The minimum atomic E-state index is -0.248. The van der Waals surface area contributed by atoms with Gasteiger partial charge in [-0.3, -0.25) is 33.9 Å². The van der Waals surface area contributed by atoms with Crippen LogP contribution in [0, 0.1) is 5.92 Å². The number of thiazole rings is 1. The van der Waals surface area contributed by atoms with Crippen molar-refractivity contribution in [2.45, 2.75) is 82.1 Å². The molecule has 58 heavy (non-hydrogen) atoms. The predicted octanol–water partition coefficient (Wildman–Crippen LogP) is 5.33. The molecule has 2 fully saturated rings. The lowest BCUT2D eigenvalue weighted by Crippen LogP contribution is -2.52. The molecule has 4 heterocycles. The molecule has 0 spiro atoms. The van der Waals surface area contributed by atoms with Crippen molar-refractivity contribution in [1.29, 1.82) is 0 Å². The molecule has 0 bridgehead atoms. The number of methoxy groups -OCH3 is 2. The van der Waals surface area contributed by atoms with Crippen LogP contribution in [0.1, 0.15) is 77.5 Å². The number of piperazine rings is 1. The van der Waals surface area contributed by atoms with Crippen LogP contribution in [-0.4, -0.2) is 133 Å². The number of hydrogen-bond acceptors (Lipinski definition) is 14. The van der Waals surface area contributed by atoms with Crippen LogP contribution in [0.3, 0.4) is 0 Å². The van der Waals surface area contributed by atoms with Crippen molar-refractivity contribution in [3.8, 4) is 17.2 Å². The molecule has 17 heteroatoms. The monoisotopic (exact) mass is 841 g/mol. The summed E-state index contributed by atoms with van der Waals surface area (Å²) in [5.41, 5.74) is 0.752. The molecule has 0 saturated carbocycles. The molecule has 2 aliphatic heterocycles. The number of aryl methyl sites for hydroxylation is 1. The SMILES string of the molecule is CCCN(C(C)=O)C(=O)CCc1cc(OC)c(OCCN2CCN(C(=O)CN3CCC(C(=O)Nc4ncc(SCc5ncc(C(C)(C)C)o5)s4)CC3)CC2)c(OC)c1. The Labute approximate surface area is 350 Å². The molecule has 0 radical (unpaired) electrons. The Balaban J connectivity index is 0.984. The van der Waals surface area contributed by atoms with E-state index < -0.39 is 0 Å². The van der Waals surface area contributed by atoms with Crippen molar-refractivity contribution in [3.63, 3.8) is 0 Å². The van der Waals surface area contributed by atoms with Crippen molar-refractivity contribution >= 4 is 51.9 Å². The molecule has 1 aromatic carbocycles. The van der Waals surface area contributed by atoms with E-state index in [9.17, 15) is 19.2 Å². The third-order valence-corrected chi connectivity index (χ3v) is 12.4. The summed E-state index contributed by atoms with van der Waals surface area (Å²) in [4.78, 5) is 67.3. The second-order valence-electron chi connectivity index (χ2n) is 15.6. The Hall–Kier alpha value is -4.19. The zero-order valence-electron chi connectivity index (χ0n) is 35.0. The lowest BCUT2D eigenvalue weighted by molar-refractivity contribution is -0.143. The first-order valence-corrected chi connectivity index (χ1v) is 21.8. The number of piperidine rings is 1. The molecule has 4 amide bonds. The first-order valence-electron chi connectivity index (χ1n) is 20.0. The summed E-state index contributed by atoms with van der Waals surface area (Å²) < 4.78 is 24.3. The number of aromatic nitrogens is 2. The maximum absolute atomic E-state index is 13.2. The molecular formula is C41H59N7O8S2. The zero-order chi connectivity index (χ0) is 41.8. The standard InChI is InChI=1S/C41H59N7O8S2/c1-8-13-48(28(2)49)35(50)10-9-29-22-31(53-6)38(32(23-29)54-7)55-21-20-45-16-18-47(19-17-45)36(51)26-46-14-11-30(12-15-46)39(52)44-40-43-25-37(58-40)57-27-34-42-24-33(56-34)41(3,4)5/h22-25,30H,8-21,26-27H2,1-7H3,(H,43,44,52). The predicted molar refractivity (Wildman–Crippen MR) is 224 cm³/mol. The van der Waals surface area contributed by atoms with Crippen molar-refractivity contribution in [2.24, 2.45) is 5.92 Å². The third-order valence-electron chi connectivity index (χ3n) is 10.3. The second kappa shape index (κ2) is 21.2. The van der Waals surface area contributed by atoms with E-state index in [4.69, 9.17) is 18.6 Å². The maximum Gasteiger partial charge on any atom is 0.236 e. The van der Waals surface area contributed by atoms with E-state index in [1.54, 1.807) is 38.4 Å². The van der Waals surface area contributed by atoms with Gasteiger partial charge in [0, 0.05) is 63.9 Å². The molecular weight excluding hydrogens is 783 g/mol. The smallest absolute Gasteiger partial charge is 0.236 e. The highest BCUT2D eigenvalue weighted by atomic mass is 32.2. The molecule has 1 N–H and O–H groups in total. The van der Waals surface area contributed by atoms with E-state index in [2.05, 4.69) is 45.9 Å². The topological polar surface area (TPSA) is 160 Å². The Morgan fingerprint density at radius 1 is 0.983 bits per heavy atom. The molecule has 2 aromatic heterocycles. The van der Waals surface area contributed by atoms with Crippen LogP contribution in [0.25, 0.3) is 0 Å². The van der Waals surface area contributed by atoms with Gasteiger partial charge in [-0.1, -0.05) is 39.0 Å². The second-order valence-corrected chi connectivity index (χ2v) is 18.0. The highest BCUT2D eigenvalue weighted by Crippen LogP contribution is 2.39. The van der Waals surface area contributed by atoms with Gasteiger partial charge in [0.15, 0.2) is 16.6 Å². The van der Waals surface area contributed by atoms with Gasteiger partial charge in [-0.2, -0.15) is 0 Å². The van der Waals surface area contributed by atoms with Gasteiger partial charge in [-0.15, -0.1) is 11.8 Å². The van der Waals surface area contributed by atoms with Gasteiger partial charge in [0.2, 0.25) is 35.3 Å². The molecule has 0 unspecified atom stereocenters. The minimum absolute atomic E-state index is 0.0254. The summed E-state index contributed by atoms with van der Waals surface area (Å²) in [6.45, 7) is 15.6. The number of ether oxygens (including phenoxy) is 3. The maximum atomic E-state index is 13.2. The average Bonchev–Trinajstić information content (AvgIpc) is 3.88. The van der Waals surface area contributed by atoms with Crippen LogP contribution in [0.4, 0.5) is 5.13 Å². The lowest BCUT2D eigenvalue weighted by Gasteiger charge is -2.37. The fraction of sp³-hybridized carbons (Fsp3) is 0.610. The normalized spacial score (nSPS) is 15.6. The van der Waals surface area contributed by atoms with E-state index in [-0.39, 0.29) is 41.4 Å². The molecule has 5 rings (SSSR count). The number of likely N-dealkylation sites (tertiary alicyclic amines) is 1. The first kappa shape index (κ1) is 44.9. The number of imide groups is 1. The summed E-state index contributed by atoms with van der Waals surface area (Å²) >= 11 is 3.03. The molecule has 15 nitrogen and oxygen atoms in total. The van der Waals surface area contributed by atoms with E-state index in [1.165, 1.54) is 23.2 Å². The highest BCUT2D eigenvalue weighted by Gasteiger charge is 2.29. The van der Waals surface area contributed by atoms with Gasteiger partial charge in [-0.05, 0) is 56.5 Å². The van der Waals surface area contributed by atoms with Gasteiger partial charge in [-0.25, -0.2) is 9.97 Å². The lowest BCUT2D eigenvalue weighted by atomic mass is 9.94. The van der Waals surface area contributed by atoms with E-state index >= 15 is 0 Å². The minimum Gasteiger partial charge on any atom is -0.493 e. The molecule has 2 saturated heterocycles. The Kier molecular flexibility index (Phi) is 16.4. The number of benzene rings is 1. The van der Waals surface area contributed by atoms with Gasteiger partial charge in [0.25, 0.3) is 0 Å². The van der Waals surface area contributed by atoms with Crippen LogP contribution in [0.5, 0.6) is 17.2 Å². The number of thioether (sulfide) groups is 1. The quantitative estimate of drug-likeness (QED) is 0.164. The number of nitrogens with zero attached hydrogens (tertiary/aromatic N) is 6. The third kappa shape index (κ3) is 12.7. The largest absolute Gasteiger partial charge is 0.493 e. The van der Waals surface area contributed by atoms with Crippen LogP contribution < -0.4 is 19.5 Å². The van der Waals surface area contributed by atoms with Gasteiger partial charge >= 0.3 is 0 Å². The number of carbonyl (C=O) groups is 4. The molecule has 2 aliphatic rings. The van der Waals surface area contributed by atoms with Crippen molar-refractivity contribution in [3.05, 3.63) is 41.7 Å². The Bertz CT molecular complexity index is 1820. The molecule has 0 aliphatic carbocycles. The van der Waals surface area contributed by atoms with E-state index in [0.717, 1.165) is 28.6 Å². The number of rotatable bonds is 18. The van der Waals surface area contributed by atoms with Crippen molar-refractivity contribution < 1.29 is 37.8 Å². The summed E-state index contributed by atoms with van der Waals surface area (Å²) in [6, 6.07) is 3.68. The summed E-state index contributed by atoms with van der Waals surface area (Å²) in [7, 11) is 3.13. The molecule has 3 aromatic rings. The first-order chi connectivity index (χ1) is 27.8. The van der Waals surface area contributed by atoms with E-state index in [1.807, 2.05) is 24.0 Å². The van der Waals surface area contributed by atoms with Crippen molar-refractivity contribution in [2.75, 3.05) is 85.0 Å². The molecule has 0 atom stereocenters. The number of anilines is 1. The fourth-order valence-corrected chi connectivity index (χ4v) is 8.61. The highest BCUT2D eigenvalue weighted by molar-refractivity contribution is 8.00. The number of hydrogen-bond donors (Lipinski definition) is 1. The van der Waals surface area contributed by atoms with Crippen LogP contribution in [0.2, 0.25) is 0 Å². The van der Waals surface area contributed by atoms with Crippen LogP contribution >= 0.6 is 23.1 Å². The zero-order valence-corrected chi connectivity index (χ0v) is 36.6. The number of amides is 4.